The predicted molar refractivity (Wildman–Crippen MR) is 118 cm³/mol. The Hall–Kier alpha value is -2.73. The molecule has 1 saturated heterocycles. The van der Waals surface area contributed by atoms with Gasteiger partial charge in [-0.25, -0.2) is 4.79 Å². The summed E-state index contributed by atoms with van der Waals surface area (Å²) in [5.41, 5.74) is 2.88. The second-order valence-corrected chi connectivity index (χ2v) is 8.51. The Kier molecular flexibility index (Phi) is 6.87. The van der Waals surface area contributed by atoms with E-state index in [1.807, 2.05) is 39.0 Å². The maximum Gasteiger partial charge on any atom is 0.410 e. The smallest absolute Gasteiger partial charge is 0.410 e. The third-order valence-corrected chi connectivity index (χ3v) is 5.10. The molecule has 2 aromatic carbocycles. The van der Waals surface area contributed by atoms with Crippen LogP contribution in [0.2, 0.25) is 0 Å². The number of methoxy groups -OCH3 is 2. The second kappa shape index (κ2) is 9.39. The number of rotatable bonds is 5. The number of nitrogens with zero attached hydrogens (tertiary/aromatic N) is 2. The number of hydrogen-bond acceptors (Lipinski definition) is 5. The van der Waals surface area contributed by atoms with Gasteiger partial charge < -0.3 is 19.1 Å². The van der Waals surface area contributed by atoms with Crippen molar-refractivity contribution in [2.24, 2.45) is 0 Å². The molecule has 0 N–H and O–H groups in total. The highest BCUT2D eigenvalue weighted by Crippen LogP contribution is 2.33. The molecule has 1 fully saturated rings. The van der Waals surface area contributed by atoms with Crippen molar-refractivity contribution in [3.05, 3.63) is 48.0 Å². The first-order valence-corrected chi connectivity index (χ1v) is 10.3. The van der Waals surface area contributed by atoms with Gasteiger partial charge in [0.25, 0.3) is 0 Å². The van der Waals surface area contributed by atoms with Gasteiger partial charge in [-0.15, -0.1) is 0 Å². The minimum absolute atomic E-state index is 0.223. The Labute approximate surface area is 179 Å². The van der Waals surface area contributed by atoms with E-state index in [1.165, 1.54) is 5.56 Å². The van der Waals surface area contributed by atoms with Gasteiger partial charge in [0.1, 0.15) is 17.1 Å². The van der Waals surface area contributed by atoms with Crippen molar-refractivity contribution in [1.29, 1.82) is 0 Å². The molecule has 6 nitrogen and oxygen atoms in total. The van der Waals surface area contributed by atoms with E-state index in [0.717, 1.165) is 42.3 Å². The van der Waals surface area contributed by atoms with Crippen LogP contribution in [0.1, 0.15) is 26.3 Å². The summed E-state index contributed by atoms with van der Waals surface area (Å²) < 4.78 is 16.3. The molecular formula is C24H32N2O4. The Balaban J connectivity index is 1.59. The van der Waals surface area contributed by atoms with Crippen LogP contribution in [0.4, 0.5) is 4.79 Å². The van der Waals surface area contributed by atoms with Crippen LogP contribution in [0.3, 0.4) is 0 Å². The second-order valence-electron chi connectivity index (χ2n) is 8.51. The Morgan fingerprint density at radius 2 is 1.60 bits per heavy atom. The van der Waals surface area contributed by atoms with Gasteiger partial charge in [-0.05, 0) is 50.1 Å². The molecular weight excluding hydrogens is 380 g/mol. The molecule has 1 aliphatic heterocycles. The first-order chi connectivity index (χ1) is 14.3. The molecule has 2 aromatic rings. The van der Waals surface area contributed by atoms with Crippen molar-refractivity contribution in [2.45, 2.75) is 32.9 Å². The highest BCUT2D eigenvalue weighted by atomic mass is 16.6. The first-order valence-electron chi connectivity index (χ1n) is 10.3. The fraction of sp³-hybridized carbons (Fsp3) is 0.458. The summed E-state index contributed by atoms with van der Waals surface area (Å²) in [6, 6.07) is 14.3. The summed E-state index contributed by atoms with van der Waals surface area (Å²) in [6.45, 7) is 9.60. The normalized spacial score (nSPS) is 15.0. The van der Waals surface area contributed by atoms with E-state index < -0.39 is 5.60 Å². The van der Waals surface area contributed by atoms with Gasteiger partial charge in [-0.2, -0.15) is 0 Å². The lowest BCUT2D eigenvalue weighted by Crippen LogP contribution is -2.49. The SMILES string of the molecule is COc1ccc(OC)c(-c2ccc(CN3CCN(C(=O)OC(C)(C)C)CC3)cc2)c1. The number of amides is 1. The van der Waals surface area contributed by atoms with Crippen molar-refractivity contribution in [3.63, 3.8) is 0 Å². The molecule has 30 heavy (non-hydrogen) atoms. The van der Waals surface area contributed by atoms with Crippen LogP contribution in [-0.2, 0) is 11.3 Å². The van der Waals surface area contributed by atoms with Crippen LogP contribution in [0.25, 0.3) is 11.1 Å². The van der Waals surface area contributed by atoms with Crippen molar-refractivity contribution in [2.75, 3.05) is 40.4 Å². The number of carbonyl (C=O) groups is 1. The average molecular weight is 413 g/mol. The van der Waals surface area contributed by atoms with Crippen molar-refractivity contribution < 1.29 is 19.0 Å². The zero-order valence-corrected chi connectivity index (χ0v) is 18.6. The van der Waals surface area contributed by atoms with E-state index in [9.17, 15) is 4.79 Å². The standard InChI is InChI=1S/C24H32N2O4/c1-24(2,3)30-23(27)26-14-12-25(13-15-26)17-18-6-8-19(9-7-18)21-16-20(28-4)10-11-22(21)29-5/h6-11,16H,12-15,17H2,1-5H3. The van der Waals surface area contributed by atoms with Crippen LogP contribution in [0, 0.1) is 0 Å². The quantitative estimate of drug-likeness (QED) is 0.727. The van der Waals surface area contributed by atoms with Crippen molar-refractivity contribution in [1.82, 2.24) is 9.80 Å². The maximum absolute atomic E-state index is 12.2. The van der Waals surface area contributed by atoms with Gasteiger partial charge in [-0.1, -0.05) is 24.3 Å². The summed E-state index contributed by atoms with van der Waals surface area (Å²) in [4.78, 5) is 16.4. The summed E-state index contributed by atoms with van der Waals surface area (Å²) in [7, 11) is 3.34. The van der Waals surface area contributed by atoms with Crippen LogP contribution < -0.4 is 9.47 Å². The number of benzene rings is 2. The lowest BCUT2D eigenvalue weighted by atomic mass is 10.0. The topological polar surface area (TPSA) is 51.2 Å². The molecule has 162 valence electrons. The summed E-state index contributed by atoms with van der Waals surface area (Å²) in [6.07, 6.45) is -0.223. The lowest BCUT2D eigenvalue weighted by Gasteiger charge is -2.35. The maximum atomic E-state index is 12.2. The molecule has 0 atom stereocenters. The molecule has 0 aromatic heterocycles. The highest BCUT2D eigenvalue weighted by molar-refractivity contribution is 5.72. The molecule has 0 saturated carbocycles. The van der Waals surface area contributed by atoms with Crippen LogP contribution in [0.15, 0.2) is 42.5 Å². The predicted octanol–water partition coefficient (Wildman–Crippen LogP) is 4.42. The number of ether oxygens (including phenoxy) is 3. The van der Waals surface area contributed by atoms with Crippen molar-refractivity contribution >= 4 is 6.09 Å². The Bertz CT molecular complexity index is 850. The minimum Gasteiger partial charge on any atom is -0.497 e. The third kappa shape index (κ3) is 5.66. The van der Waals surface area contributed by atoms with Gasteiger partial charge in [0.05, 0.1) is 14.2 Å². The lowest BCUT2D eigenvalue weighted by molar-refractivity contribution is 0.0139. The highest BCUT2D eigenvalue weighted by Gasteiger charge is 2.25. The van der Waals surface area contributed by atoms with E-state index in [1.54, 1.807) is 19.1 Å². The zero-order chi connectivity index (χ0) is 21.7. The van der Waals surface area contributed by atoms with Crippen LogP contribution in [-0.4, -0.2) is 61.9 Å². The monoisotopic (exact) mass is 412 g/mol. The Morgan fingerprint density at radius 3 is 2.17 bits per heavy atom. The van der Waals surface area contributed by atoms with Gasteiger partial charge in [-0.3, -0.25) is 4.90 Å². The zero-order valence-electron chi connectivity index (χ0n) is 18.6. The van der Waals surface area contributed by atoms with Gasteiger partial charge >= 0.3 is 6.09 Å². The summed E-state index contributed by atoms with van der Waals surface area (Å²) >= 11 is 0. The molecule has 3 rings (SSSR count). The molecule has 0 radical (unpaired) electrons. The number of piperazine rings is 1. The van der Waals surface area contributed by atoms with E-state index in [0.29, 0.717) is 13.1 Å². The van der Waals surface area contributed by atoms with Crippen LogP contribution >= 0.6 is 0 Å². The van der Waals surface area contributed by atoms with Crippen molar-refractivity contribution in [3.8, 4) is 22.6 Å². The largest absolute Gasteiger partial charge is 0.497 e. The number of hydrogen-bond donors (Lipinski definition) is 0. The fourth-order valence-corrected chi connectivity index (χ4v) is 3.50. The molecule has 0 aliphatic carbocycles. The number of carbonyl (C=O) groups excluding carboxylic acids is 1. The van der Waals surface area contributed by atoms with E-state index >= 15 is 0 Å². The van der Waals surface area contributed by atoms with Gasteiger partial charge in [0, 0.05) is 38.3 Å². The molecule has 6 heteroatoms. The van der Waals surface area contributed by atoms with Gasteiger partial charge in [0.15, 0.2) is 0 Å². The average Bonchev–Trinajstić information content (AvgIpc) is 2.73. The van der Waals surface area contributed by atoms with E-state index in [4.69, 9.17) is 14.2 Å². The molecule has 0 unspecified atom stereocenters. The van der Waals surface area contributed by atoms with Gasteiger partial charge in [0.2, 0.25) is 0 Å². The molecule has 1 aliphatic rings. The molecule has 1 heterocycles. The van der Waals surface area contributed by atoms with E-state index in [-0.39, 0.29) is 6.09 Å². The molecule has 0 bridgehead atoms. The minimum atomic E-state index is -0.457. The summed E-state index contributed by atoms with van der Waals surface area (Å²) in [5.74, 6) is 1.62. The molecule has 0 spiro atoms. The summed E-state index contributed by atoms with van der Waals surface area (Å²) in [5, 5.41) is 0. The van der Waals surface area contributed by atoms with E-state index in [2.05, 4.69) is 29.2 Å². The molecule has 1 amide bonds. The first kappa shape index (κ1) is 22.0. The fourth-order valence-electron chi connectivity index (χ4n) is 3.50. The Morgan fingerprint density at radius 1 is 0.933 bits per heavy atom. The van der Waals surface area contributed by atoms with Crippen LogP contribution in [0.5, 0.6) is 11.5 Å². The third-order valence-electron chi connectivity index (χ3n) is 5.10.